The van der Waals surface area contributed by atoms with E-state index in [9.17, 15) is 13.2 Å². The number of aryl methyl sites for hydroxylation is 4. The summed E-state index contributed by atoms with van der Waals surface area (Å²) < 4.78 is 29.9. The van der Waals surface area contributed by atoms with Gasteiger partial charge in [0.25, 0.3) is 15.9 Å². The summed E-state index contributed by atoms with van der Waals surface area (Å²) in [5.74, 6) is 0.000446. The molecule has 2 rings (SSSR count). The molecule has 0 fully saturated rings. The largest absolute Gasteiger partial charge is 0.483 e. The van der Waals surface area contributed by atoms with Gasteiger partial charge in [0.15, 0.2) is 6.61 Å². The molecule has 0 spiro atoms. The molecule has 1 amide bonds. The van der Waals surface area contributed by atoms with Gasteiger partial charge in [-0.15, -0.1) is 4.83 Å². The Kier molecular flexibility index (Phi) is 5.81. The summed E-state index contributed by atoms with van der Waals surface area (Å²) in [6, 6.07) is 10.4. The predicted molar refractivity (Wildman–Crippen MR) is 95.8 cm³/mol. The van der Waals surface area contributed by atoms with Crippen LogP contribution in [0.5, 0.6) is 5.75 Å². The van der Waals surface area contributed by atoms with Crippen LogP contribution in [0.3, 0.4) is 0 Å². The van der Waals surface area contributed by atoms with Crippen molar-refractivity contribution in [2.45, 2.75) is 32.6 Å². The Morgan fingerprint density at radius 3 is 2.32 bits per heavy atom. The first-order chi connectivity index (χ1) is 11.7. The van der Waals surface area contributed by atoms with E-state index in [4.69, 9.17) is 4.74 Å². The Labute approximate surface area is 148 Å². The number of amides is 1. The predicted octanol–water partition coefficient (Wildman–Crippen LogP) is 2.31. The standard InChI is InChI=1S/C18H22N2O4S/c1-12-5-6-14(3)17(9-12)24-11-18(21)19-20-25(22,23)16-8-7-13(2)15(4)10-16/h5-10,20H,11H2,1-4H3,(H,19,21). The molecule has 2 N–H and O–H groups in total. The van der Waals surface area contributed by atoms with Crippen molar-refractivity contribution in [2.24, 2.45) is 0 Å². The lowest BCUT2D eigenvalue weighted by Gasteiger charge is -2.12. The van der Waals surface area contributed by atoms with Crippen LogP contribution in [0.2, 0.25) is 0 Å². The van der Waals surface area contributed by atoms with Gasteiger partial charge < -0.3 is 4.74 Å². The van der Waals surface area contributed by atoms with Crippen LogP contribution in [0.4, 0.5) is 0 Å². The number of hydrogen-bond donors (Lipinski definition) is 2. The number of nitrogens with one attached hydrogen (secondary N) is 2. The van der Waals surface area contributed by atoms with Crippen molar-refractivity contribution in [2.75, 3.05) is 6.61 Å². The fraction of sp³-hybridized carbons (Fsp3) is 0.278. The average molecular weight is 362 g/mol. The lowest BCUT2D eigenvalue weighted by atomic mass is 10.1. The van der Waals surface area contributed by atoms with E-state index in [1.165, 1.54) is 6.07 Å². The molecule has 0 unspecified atom stereocenters. The van der Waals surface area contributed by atoms with Crippen molar-refractivity contribution in [3.05, 3.63) is 58.7 Å². The first kappa shape index (κ1) is 19.0. The van der Waals surface area contributed by atoms with E-state index in [1.54, 1.807) is 12.1 Å². The van der Waals surface area contributed by atoms with Crippen LogP contribution < -0.4 is 15.0 Å². The van der Waals surface area contributed by atoms with Gasteiger partial charge in [0.1, 0.15) is 5.75 Å². The number of rotatable bonds is 6. The maximum atomic E-state index is 12.2. The zero-order valence-electron chi connectivity index (χ0n) is 14.7. The van der Waals surface area contributed by atoms with E-state index in [0.717, 1.165) is 22.3 Å². The summed E-state index contributed by atoms with van der Waals surface area (Å²) in [4.78, 5) is 14.0. The van der Waals surface area contributed by atoms with Gasteiger partial charge in [0.05, 0.1) is 4.90 Å². The third kappa shape index (κ3) is 5.04. The maximum absolute atomic E-state index is 12.2. The highest BCUT2D eigenvalue weighted by Crippen LogP contribution is 2.19. The highest BCUT2D eigenvalue weighted by Gasteiger charge is 2.16. The minimum Gasteiger partial charge on any atom is -0.483 e. The van der Waals surface area contributed by atoms with E-state index < -0.39 is 15.9 Å². The first-order valence-electron chi connectivity index (χ1n) is 7.77. The molecular formula is C18H22N2O4S. The molecule has 2 aromatic carbocycles. The molecule has 134 valence electrons. The monoisotopic (exact) mass is 362 g/mol. The summed E-state index contributed by atoms with van der Waals surface area (Å²) in [6.07, 6.45) is 0. The van der Waals surface area contributed by atoms with Crippen molar-refractivity contribution in [1.29, 1.82) is 0 Å². The second-order valence-corrected chi connectivity index (χ2v) is 7.64. The number of benzene rings is 2. The first-order valence-corrected chi connectivity index (χ1v) is 9.25. The van der Waals surface area contributed by atoms with Crippen molar-refractivity contribution in [3.8, 4) is 5.75 Å². The van der Waals surface area contributed by atoms with Crippen LogP contribution >= 0.6 is 0 Å². The van der Waals surface area contributed by atoms with Crippen LogP contribution in [-0.2, 0) is 14.8 Å². The summed E-state index contributed by atoms with van der Waals surface area (Å²) in [6.45, 7) is 7.22. The molecule has 0 heterocycles. The van der Waals surface area contributed by atoms with Gasteiger partial charge in [-0.2, -0.15) is 0 Å². The Morgan fingerprint density at radius 1 is 0.960 bits per heavy atom. The number of hydrazine groups is 1. The van der Waals surface area contributed by atoms with Crippen molar-refractivity contribution < 1.29 is 17.9 Å². The van der Waals surface area contributed by atoms with E-state index >= 15 is 0 Å². The second kappa shape index (κ2) is 7.67. The van der Waals surface area contributed by atoms with Crippen LogP contribution in [0.25, 0.3) is 0 Å². The molecule has 0 aromatic heterocycles. The quantitative estimate of drug-likeness (QED) is 0.773. The third-order valence-electron chi connectivity index (χ3n) is 3.82. The van der Waals surface area contributed by atoms with E-state index in [2.05, 4.69) is 10.3 Å². The zero-order valence-corrected chi connectivity index (χ0v) is 15.5. The average Bonchev–Trinajstić information content (AvgIpc) is 2.56. The molecule has 0 saturated heterocycles. The Balaban J connectivity index is 1.94. The molecule has 0 aliphatic heterocycles. The number of carbonyl (C=O) groups is 1. The van der Waals surface area contributed by atoms with Crippen LogP contribution in [-0.4, -0.2) is 20.9 Å². The smallest absolute Gasteiger partial charge is 0.272 e. The third-order valence-corrected chi connectivity index (χ3v) is 5.06. The van der Waals surface area contributed by atoms with Crippen LogP contribution in [0.15, 0.2) is 41.3 Å². The molecule has 0 atom stereocenters. The number of sulfonamides is 1. The molecule has 2 aromatic rings. The topological polar surface area (TPSA) is 84.5 Å². The summed E-state index contributed by atoms with van der Waals surface area (Å²) in [5, 5.41) is 0. The summed E-state index contributed by atoms with van der Waals surface area (Å²) >= 11 is 0. The van der Waals surface area contributed by atoms with Gasteiger partial charge in [-0.3, -0.25) is 10.2 Å². The molecule has 0 radical (unpaired) electrons. The van der Waals surface area contributed by atoms with Gasteiger partial charge in [-0.1, -0.05) is 18.2 Å². The zero-order chi connectivity index (χ0) is 18.6. The molecule has 0 aliphatic rings. The van der Waals surface area contributed by atoms with Crippen LogP contribution in [0.1, 0.15) is 22.3 Å². The fourth-order valence-corrected chi connectivity index (χ4v) is 3.05. The lowest BCUT2D eigenvalue weighted by molar-refractivity contribution is -0.123. The number of carbonyl (C=O) groups excluding carboxylic acids is 1. The molecule has 0 saturated carbocycles. The van der Waals surface area contributed by atoms with Gasteiger partial charge in [-0.05, 0) is 68.1 Å². The van der Waals surface area contributed by atoms with Gasteiger partial charge in [-0.25, -0.2) is 8.42 Å². The lowest BCUT2D eigenvalue weighted by Crippen LogP contribution is -2.43. The van der Waals surface area contributed by atoms with Crippen molar-refractivity contribution in [3.63, 3.8) is 0 Å². The normalized spacial score (nSPS) is 11.2. The summed E-state index contributed by atoms with van der Waals surface area (Å²) in [5.41, 5.74) is 5.91. The van der Waals surface area contributed by atoms with Gasteiger partial charge >= 0.3 is 0 Å². The Bertz CT molecular complexity index is 892. The Morgan fingerprint density at radius 2 is 1.64 bits per heavy atom. The van der Waals surface area contributed by atoms with E-state index in [0.29, 0.717) is 5.75 Å². The minimum atomic E-state index is -3.83. The highest BCUT2D eigenvalue weighted by atomic mass is 32.2. The van der Waals surface area contributed by atoms with E-state index in [1.807, 2.05) is 45.9 Å². The molecular weight excluding hydrogens is 340 g/mol. The SMILES string of the molecule is Cc1ccc(C)c(OCC(=O)NNS(=O)(=O)c2ccc(C)c(C)c2)c1. The van der Waals surface area contributed by atoms with Crippen molar-refractivity contribution >= 4 is 15.9 Å². The molecule has 6 nitrogen and oxygen atoms in total. The highest BCUT2D eigenvalue weighted by molar-refractivity contribution is 7.89. The van der Waals surface area contributed by atoms with Crippen molar-refractivity contribution in [1.82, 2.24) is 10.3 Å². The Hall–Kier alpha value is -2.38. The molecule has 25 heavy (non-hydrogen) atoms. The summed E-state index contributed by atoms with van der Waals surface area (Å²) in [7, 11) is -3.83. The number of ether oxygens (including phenoxy) is 1. The van der Waals surface area contributed by atoms with E-state index in [-0.39, 0.29) is 11.5 Å². The van der Waals surface area contributed by atoms with Gasteiger partial charge in [0, 0.05) is 0 Å². The number of hydrogen-bond acceptors (Lipinski definition) is 4. The fourth-order valence-electron chi connectivity index (χ4n) is 2.11. The second-order valence-electron chi connectivity index (χ2n) is 5.96. The minimum absolute atomic E-state index is 0.0892. The van der Waals surface area contributed by atoms with Gasteiger partial charge in [0.2, 0.25) is 0 Å². The molecule has 0 aliphatic carbocycles. The molecule has 0 bridgehead atoms. The maximum Gasteiger partial charge on any atom is 0.272 e. The van der Waals surface area contributed by atoms with Crippen LogP contribution in [0, 0.1) is 27.7 Å². The molecule has 7 heteroatoms.